The maximum absolute atomic E-state index is 10.6. The second-order valence-electron chi connectivity index (χ2n) is 2.13. The average Bonchev–Trinajstić information content (AvgIpc) is 1.85. The lowest BCUT2D eigenvalue weighted by Crippen LogP contribution is -2.19. The monoisotopic (exact) mass is 115 g/mol. The van der Waals surface area contributed by atoms with Crippen molar-refractivity contribution >= 4 is 5.91 Å². The van der Waals surface area contributed by atoms with Gasteiger partial charge in [-0.15, -0.1) is 0 Å². The third-order valence-electron chi connectivity index (χ3n) is 1.32. The van der Waals surface area contributed by atoms with Crippen molar-refractivity contribution in [3.05, 3.63) is 0 Å². The van der Waals surface area contributed by atoms with Crippen molar-refractivity contribution in [2.45, 2.75) is 12.5 Å². The Morgan fingerprint density at radius 1 is 1.88 bits per heavy atom. The molecule has 0 aromatic heterocycles. The van der Waals surface area contributed by atoms with Crippen LogP contribution in [-0.4, -0.2) is 35.6 Å². The molecule has 3 heteroatoms. The third kappa shape index (κ3) is 0.816. The van der Waals surface area contributed by atoms with Crippen LogP contribution in [0.25, 0.3) is 0 Å². The van der Waals surface area contributed by atoms with Crippen LogP contribution in [0.4, 0.5) is 0 Å². The molecule has 0 unspecified atom stereocenters. The molecule has 1 N–H and O–H groups in total. The minimum absolute atomic E-state index is 0.0394. The van der Waals surface area contributed by atoms with Crippen molar-refractivity contribution in [1.82, 2.24) is 4.90 Å². The Balaban J connectivity index is 2.51. The molecule has 0 radical (unpaired) electrons. The molecule has 1 saturated heterocycles. The van der Waals surface area contributed by atoms with Gasteiger partial charge >= 0.3 is 0 Å². The lowest BCUT2D eigenvalue weighted by molar-refractivity contribution is -0.126. The van der Waals surface area contributed by atoms with E-state index in [1.165, 1.54) is 4.90 Å². The number of carbonyl (C=O) groups is 1. The maximum Gasteiger partial charge on any atom is 0.225 e. The van der Waals surface area contributed by atoms with E-state index in [1.54, 1.807) is 7.05 Å². The first-order valence-corrected chi connectivity index (χ1v) is 2.62. The number of likely N-dealkylation sites (N-methyl/N-ethyl adjacent to an activating group) is 1. The molecule has 0 bridgehead atoms. The maximum atomic E-state index is 10.6. The molecule has 0 spiro atoms. The van der Waals surface area contributed by atoms with Gasteiger partial charge in [-0.1, -0.05) is 0 Å². The van der Waals surface area contributed by atoms with Crippen LogP contribution in [-0.2, 0) is 4.79 Å². The van der Waals surface area contributed by atoms with Gasteiger partial charge in [0.1, 0.15) is 0 Å². The van der Waals surface area contributed by atoms with E-state index in [0.717, 1.165) is 0 Å². The van der Waals surface area contributed by atoms with Crippen molar-refractivity contribution < 1.29 is 9.90 Å². The summed E-state index contributed by atoms with van der Waals surface area (Å²) in [5, 5.41) is 8.81. The molecule has 8 heavy (non-hydrogen) atoms. The number of likely N-dealkylation sites (tertiary alicyclic amines) is 1. The molecule has 0 aromatic carbocycles. The standard InChI is InChI=1S/C5H9NO2/c1-6-3-4(7)2-5(6)8/h4,7H,2-3H2,1H3/t4-/m0/s1. The number of nitrogens with zero attached hydrogens (tertiary/aromatic N) is 1. The van der Waals surface area contributed by atoms with E-state index in [0.29, 0.717) is 13.0 Å². The van der Waals surface area contributed by atoms with E-state index in [9.17, 15) is 4.79 Å². The smallest absolute Gasteiger partial charge is 0.225 e. The van der Waals surface area contributed by atoms with Gasteiger partial charge in [0.15, 0.2) is 0 Å². The largest absolute Gasteiger partial charge is 0.391 e. The number of hydrogen-bond donors (Lipinski definition) is 1. The summed E-state index contributed by atoms with van der Waals surface area (Å²) in [4.78, 5) is 12.1. The predicted octanol–water partition coefficient (Wildman–Crippen LogP) is -0.791. The number of carbonyl (C=O) groups excluding carboxylic acids is 1. The Morgan fingerprint density at radius 3 is 2.62 bits per heavy atom. The zero-order chi connectivity index (χ0) is 6.15. The number of aliphatic hydroxyl groups is 1. The van der Waals surface area contributed by atoms with Crippen LogP contribution in [0, 0.1) is 0 Å². The topological polar surface area (TPSA) is 40.5 Å². The summed E-state index contributed by atoms with van der Waals surface area (Å²) in [6, 6.07) is 0. The normalized spacial score (nSPS) is 29.5. The zero-order valence-electron chi connectivity index (χ0n) is 4.79. The second-order valence-corrected chi connectivity index (χ2v) is 2.13. The summed E-state index contributed by atoms with van der Waals surface area (Å²) < 4.78 is 0. The number of hydrogen-bond acceptors (Lipinski definition) is 2. The molecule has 0 aliphatic carbocycles. The molecule has 1 aliphatic heterocycles. The molecule has 1 heterocycles. The second kappa shape index (κ2) is 1.74. The Labute approximate surface area is 47.9 Å². The number of β-amino-alcohol motifs (C(OH)–C–C–N with tert-alkyl or cyclic N) is 1. The predicted molar refractivity (Wildman–Crippen MR) is 28.3 cm³/mol. The van der Waals surface area contributed by atoms with Gasteiger partial charge in [0, 0.05) is 13.6 Å². The minimum atomic E-state index is -0.424. The van der Waals surface area contributed by atoms with Crippen molar-refractivity contribution in [2.24, 2.45) is 0 Å². The SMILES string of the molecule is CN1C[C@@H](O)CC1=O. The number of amides is 1. The molecule has 3 nitrogen and oxygen atoms in total. The molecule has 1 fully saturated rings. The summed E-state index contributed by atoms with van der Waals surface area (Å²) in [7, 11) is 1.69. The Morgan fingerprint density at radius 2 is 2.50 bits per heavy atom. The van der Waals surface area contributed by atoms with E-state index in [-0.39, 0.29) is 5.91 Å². The minimum Gasteiger partial charge on any atom is -0.391 e. The van der Waals surface area contributed by atoms with Gasteiger partial charge in [0.2, 0.25) is 5.91 Å². The highest BCUT2D eigenvalue weighted by Crippen LogP contribution is 2.06. The van der Waals surface area contributed by atoms with Gasteiger partial charge in [-0.05, 0) is 0 Å². The van der Waals surface area contributed by atoms with Crippen molar-refractivity contribution in [1.29, 1.82) is 0 Å². The zero-order valence-corrected chi connectivity index (χ0v) is 4.79. The number of rotatable bonds is 0. The Bertz CT molecular complexity index is 113. The molecule has 0 saturated carbocycles. The summed E-state index contributed by atoms with van der Waals surface area (Å²) in [6.07, 6.45) is -0.122. The van der Waals surface area contributed by atoms with Crippen LogP contribution in [0.5, 0.6) is 0 Å². The summed E-state index contributed by atoms with van der Waals surface area (Å²) in [5.74, 6) is 0.0394. The molecule has 1 rings (SSSR count). The fourth-order valence-corrected chi connectivity index (χ4v) is 0.840. The molecule has 46 valence electrons. The Hall–Kier alpha value is -0.570. The summed E-state index contributed by atoms with van der Waals surface area (Å²) in [5.41, 5.74) is 0. The molecule has 1 aliphatic rings. The highest BCUT2D eigenvalue weighted by Gasteiger charge is 2.23. The van der Waals surface area contributed by atoms with Gasteiger partial charge in [-0.25, -0.2) is 0 Å². The average molecular weight is 115 g/mol. The highest BCUT2D eigenvalue weighted by atomic mass is 16.3. The summed E-state index contributed by atoms with van der Waals surface area (Å²) >= 11 is 0. The van der Waals surface area contributed by atoms with Crippen LogP contribution in [0.2, 0.25) is 0 Å². The molecule has 1 amide bonds. The van der Waals surface area contributed by atoms with Crippen LogP contribution in [0.3, 0.4) is 0 Å². The fourth-order valence-electron chi connectivity index (χ4n) is 0.840. The van der Waals surface area contributed by atoms with E-state index in [4.69, 9.17) is 5.11 Å². The first-order chi connectivity index (χ1) is 3.70. The van der Waals surface area contributed by atoms with Gasteiger partial charge in [0.25, 0.3) is 0 Å². The lowest BCUT2D eigenvalue weighted by atomic mass is 10.3. The first kappa shape index (κ1) is 5.56. The van der Waals surface area contributed by atoms with Crippen LogP contribution in [0.15, 0.2) is 0 Å². The van der Waals surface area contributed by atoms with Crippen molar-refractivity contribution in [3.8, 4) is 0 Å². The quantitative estimate of drug-likeness (QED) is 0.449. The van der Waals surface area contributed by atoms with Gasteiger partial charge in [-0.3, -0.25) is 4.79 Å². The number of aliphatic hydroxyl groups excluding tert-OH is 1. The first-order valence-electron chi connectivity index (χ1n) is 2.62. The van der Waals surface area contributed by atoms with E-state index < -0.39 is 6.10 Å². The van der Waals surface area contributed by atoms with Crippen LogP contribution >= 0.6 is 0 Å². The third-order valence-corrected chi connectivity index (χ3v) is 1.32. The van der Waals surface area contributed by atoms with Crippen molar-refractivity contribution in [2.75, 3.05) is 13.6 Å². The molecule has 0 aromatic rings. The fraction of sp³-hybridized carbons (Fsp3) is 0.800. The van der Waals surface area contributed by atoms with E-state index in [1.807, 2.05) is 0 Å². The molecular weight excluding hydrogens is 106 g/mol. The molecule has 1 atom stereocenters. The lowest BCUT2D eigenvalue weighted by Gasteiger charge is -2.04. The summed E-state index contributed by atoms with van der Waals surface area (Å²) in [6.45, 7) is 0.499. The van der Waals surface area contributed by atoms with E-state index >= 15 is 0 Å². The molecular formula is C5H9NO2. The van der Waals surface area contributed by atoms with Gasteiger partial charge < -0.3 is 10.0 Å². The van der Waals surface area contributed by atoms with Crippen LogP contribution < -0.4 is 0 Å². The Kier molecular flexibility index (Phi) is 1.21. The van der Waals surface area contributed by atoms with Crippen LogP contribution in [0.1, 0.15) is 6.42 Å². The van der Waals surface area contributed by atoms with E-state index in [2.05, 4.69) is 0 Å². The van der Waals surface area contributed by atoms with Gasteiger partial charge in [-0.2, -0.15) is 0 Å². The highest BCUT2D eigenvalue weighted by molar-refractivity contribution is 5.78. The van der Waals surface area contributed by atoms with Gasteiger partial charge in [0.05, 0.1) is 12.5 Å². The van der Waals surface area contributed by atoms with Crippen molar-refractivity contribution in [3.63, 3.8) is 0 Å².